The van der Waals surface area contributed by atoms with E-state index in [1.807, 2.05) is 24.3 Å². The van der Waals surface area contributed by atoms with Gasteiger partial charge < -0.3 is 15.4 Å². The summed E-state index contributed by atoms with van der Waals surface area (Å²) >= 11 is 9.53. The lowest BCUT2D eigenvalue weighted by Gasteiger charge is -2.14. The fourth-order valence-corrected chi connectivity index (χ4v) is 2.94. The van der Waals surface area contributed by atoms with Crippen molar-refractivity contribution in [2.75, 3.05) is 17.7 Å². The Morgan fingerprint density at radius 3 is 2.81 bits per heavy atom. The normalized spacial score (nSPS) is 16.3. The van der Waals surface area contributed by atoms with Gasteiger partial charge in [0.05, 0.1) is 12.1 Å². The van der Waals surface area contributed by atoms with Crippen LogP contribution in [0.1, 0.15) is 11.6 Å². The van der Waals surface area contributed by atoms with Gasteiger partial charge in [0.1, 0.15) is 11.8 Å². The molecule has 1 aliphatic heterocycles. The number of rotatable bonds is 3. The quantitative estimate of drug-likeness (QED) is 0.854. The second-order valence-electron chi connectivity index (χ2n) is 4.65. The first kappa shape index (κ1) is 14.2. The summed E-state index contributed by atoms with van der Waals surface area (Å²) in [5.74, 6) is 0.510. The van der Waals surface area contributed by atoms with Crippen LogP contribution in [-0.4, -0.2) is 13.0 Å². The summed E-state index contributed by atoms with van der Waals surface area (Å²) < 4.78 is 6.05. The lowest BCUT2D eigenvalue weighted by Crippen LogP contribution is -2.19. The van der Waals surface area contributed by atoms with Crippen LogP contribution >= 0.6 is 27.5 Å². The zero-order chi connectivity index (χ0) is 15.0. The van der Waals surface area contributed by atoms with E-state index in [9.17, 15) is 4.79 Å². The minimum absolute atomic E-state index is 0.0879. The molecule has 6 heteroatoms. The first-order valence-electron chi connectivity index (χ1n) is 6.29. The zero-order valence-electron chi connectivity index (χ0n) is 11.1. The number of halogens is 2. The lowest BCUT2D eigenvalue weighted by molar-refractivity contribution is -0.116. The monoisotopic (exact) mass is 366 g/mol. The van der Waals surface area contributed by atoms with E-state index >= 15 is 0 Å². The molecule has 0 bridgehead atoms. The van der Waals surface area contributed by atoms with E-state index in [4.69, 9.17) is 16.3 Å². The number of anilines is 2. The molecule has 1 atom stereocenters. The molecule has 108 valence electrons. The van der Waals surface area contributed by atoms with Gasteiger partial charge in [-0.05, 0) is 36.4 Å². The summed E-state index contributed by atoms with van der Waals surface area (Å²) in [7, 11) is 1.56. The summed E-state index contributed by atoms with van der Waals surface area (Å²) in [6, 6.07) is 10.6. The zero-order valence-corrected chi connectivity index (χ0v) is 13.5. The summed E-state index contributed by atoms with van der Waals surface area (Å²) in [6.07, 6.45) is 0. The van der Waals surface area contributed by atoms with Crippen LogP contribution in [0.15, 0.2) is 40.9 Å². The predicted octanol–water partition coefficient (Wildman–Crippen LogP) is 4.22. The molecule has 4 nitrogen and oxygen atoms in total. The fourth-order valence-electron chi connectivity index (χ4n) is 2.30. The van der Waals surface area contributed by atoms with Crippen molar-refractivity contribution in [2.45, 2.75) is 6.04 Å². The maximum atomic E-state index is 12.1. The molecule has 2 aromatic carbocycles. The largest absolute Gasteiger partial charge is 0.495 e. The number of hydrogen-bond acceptors (Lipinski definition) is 3. The molecule has 1 amide bonds. The molecule has 0 saturated heterocycles. The van der Waals surface area contributed by atoms with Crippen LogP contribution < -0.4 is 15.4 Å². The van der Waals surface area contributed by atoms with Gasteiger partial charge in [-0.1, -0.05) is 27.5 Å². The highest BCUT2D eigenvalue weighted by atomic mass is 79.9. The topological polar surface area (TPSA) is 50.4 Å². The Hall–Kier alpha value is -1.72. The average Bonchev–Trinajstić information content (AvgIpc) is 2.75. The Kier molecular flexibility index (Phi) is 3.78. The Balaban J connectivity index is 1.90. The molecule has 0 saturated carbocycles. The van der Waals surface area contributed by atoms with Crippen molar-refractivity contribution < 1.29 is 9.53 Å². The second-order valence-corrected chi connectivity index (χ2v) is 5.97. The summed E-state index contributed by atoms with van der Waals surface area (Å²) in [5.41, 5.74) is 2.48. The van der Waals surface area contributed by atoms with Gasteiger partial charge in [-0.2, -0.15) is 0 Å². The highest BCUT2D eigenvalue weighted by molar-refractivity contribution is 9.10. The number of amides is 1. The molecule has 0 aliphatic carbocycles. The van der Waals surface area contributed by atoms with Crippen molar-refractivity contribution in [1.29, 1.82) is 0 Å². The van der Waals surface area contributed by atoms with Crippen LogP contribution in [0.2, 0.25) is 5.02 Å². The van der Waals surface area contributed by atoms with E-state index in [1.54, 1.807) is 19.2 Å². The van der Waals surface area contributed by atoms with Gasteiger partial charge in [0.25, 0.3) is 5.91 Å². The summed E-state index contributed by atoms with van der Waals surface area (Å²) in [4.78, 5) is 12.1. The molecule has 1 heterocycles. The molecule has 0 fully saturated rings. The fraction of sp³-hybridized carbons (Fsp3) is 0.133. The molecule has 3 rings (SSSR count). The number of fused-ring (bicyclic) bond motifs is 1. The van der Waals surface area contributed by atoms with Crippen LogP contribution in [0.4, 0.5) is 11.4 Å². The average molecular weight is 368 g/mol. The van der Waals surface area contributed by atoms with Gasteiger partial charge in [0, 0.05) is 21.4 Å². The van der Waals surface area contributed by atoms with Gasteiger partial charge in [-0.25, -0.2) is 0 Å². The van der Waals surface area contributed by atoms with Crippen LogP contribution in [0.3, 0.4) is 0 Å². The van der Waals surface area contributed by atoms with Gasteiger partial charge in [-0.3, -0.25) is 4.79 Å². The SMILES string of the molecule is COc1ccc(NC2C(=O)Nc3ccc(Br)cc32)cc1Cl. The second kappa shape index (κ2) is 5.58. The van der Waals surface area contributed by atoms with Crippen LogP contribution in [0.5, 0.6) is 5.75 Å². The summed E-state index contributed by atoms with van der Waals surface area (Å²) in [5, 5.41) is 6.54. The van der Waals surface area contributed by atoms with E-state index < -0.39 is 6.04 Å². The molecular formula is C15H12BrClN2O2. The Bertz CT molecular complexity index is 721. The number of methoxy groups -OCH3 is 1. The maximum Gasteiger partial charge on any atom is 0.251 e. The Morgan fingerprint density at radius 1 is 1.29 bits per heavy atom. The van der Waals surface area contributed by atoms with Crippen LogP contribution in [-0.2, 0) is 4.79 Å². The van der Waals surface area contributed by atoms with Crippen LogP contribution in [0, 0.1) is 0 Å². The molecule has 1 unspecified atom stereocenters. The first-order valence-corrected chi connectivity index (χ1v) is 7.46. The Labute approximate surface area is 135 Å². The van der Waals surface area contributed by atoms with E-state index in [-0.39, 0.29) is 5.91 Å². The molecule has 0 radical (unpaired) electrons. The molecule has 0 aromatic heterocycles. The molecule has 2 N–H and O–H groups in total. The number of ether oxygens (including phenoxy) is 1. The third-order valence-corrected chi connectivity index (χ3v) is 4.10. The van der Waals surface area contributed by atoms with Gasteiger partial charge in [0.2, 0.25) is 0 Å². The predicted molar refractivity (Wildman–Crippen MR) is 87.1 cm³/mol. The number of benzene rings is 2. The minimum Gasteiger partial charge on any atom is -0.495 e. The third kappa shape index (κ3) is 2.71. The standard InChI is InChI=1S/C15H12BrClN2O2/c1-21-13-5-3-9(7-11(13)17)18-14-10-6-8(16)2-4-12(10)19-15(14)20/h2-7,14,18H,1H3,(H,19,20). The Morgan fingerprint density at radius 2 is 2.10 bits per heavy atom. The van der Waals surface area contributed by atoms with Crippen LogP contribution in [0.25, 0.3) is 0 Å². The molecule has 0 spiro atoms. The van der Waals surface area contributed by atoms with Crippen molar-refractivity contribution in [3.63, 3.8) is 0 Å². The number of carbonyl (C=O) groups is 1. The molecular weight excluding hydrogens is 356 g/mol. The minimum atomic E-state index is -0.443. The van der Waals surface area contributed by atoms with E-state index in [0.29, 0.717) is 10.8 Å². The van der Waals surface area contributed by atoms with E-state index in [0.717, 1.165) is 21.4 Å². The third-order valence-electron chi connectivity index (χ3n) is 3.31. The maximum absolute atomic E-state index is 12.1. The highest BCUT2D eigenvalue weighted by Gasteiger charge is 2.30. The van der Waals surface area contributed by atoms with Crippen molar-refractivity contribution in [2.24, 2.45) is 0 Å². The summed E-state index contributed by atoms with van der Waals surface area (Å²) in [6.45, 7) is 0. The van der Waals surface area contributed by atoms with Crippen molar-refractivity contribution in [1.82, 2.24) is 0 Å². The highest BCUT2D eigenvalue weighted by Crippen LogP contribution is 2.36. The molecule has 21 heavy (non-hydrogen) atoms. The van der Waals surface area contributed by atoms with Gasteiger partial charge in [-0.15, -0.1) is 0 Å². The number of nitrogens with one attached hydrogen (secondary N) is 2. The van der Waals surface area contributed by atoms with Crippen molar-refractivity contribution in [3.8, 4) is 5.75 Å². The van der Waals surface area contributed by atoms with Crippen molar-refractivity contribution in [3.05, 3.63) is 51.5 Å². The number of carbonyl (C=O) groups excluding carboxylic acids is 1. The van der Waals surface area contributed by atoms with Crippen molar-refractivity contribution >= 4 is 44.8 Å². The van der Waals surface area contributed by atoms with E-state index in [1.165, 1.54) is 0 Å². The molecule has 1 aliphatic rings. The molecule has 2 aromatic rings. The van der Waals surface area contributed by atoms with Gasteiger partial charge in [0.15, 0.2) is 0 Å². The number of hydrogen-bond donors (Lipinski definition) is 2. The van der Waals surface area contributed by atoms with Gasteiger partial charge >= 0.3 is 0 Å². The smallest absolute Gasteiger partial charge is 0.251 e. The first-order chi connectivity index (χ1) is 10.1. The van der Waals surface area contributed by atoms with E-state index in [2.05, 4.69) is 26.6 Å². The lowest BCUT2D eigenvalue weighted by atomic mass is 10.1.